The van der Waals surface area contributed by atoms with Gasteiger partial charge in [-0.15, -0.1) is 0 Å². The summed E-state index contributed by atoms with van der Waals surface area (Å²) in [4.78, 5) is 8.58. The summed E-state index contributed by atoms with van der Waals surface area (Å²) in [5, 5.41) is 6.82. The van der Waals surface area contributed by atoms with E-state index in [1.807, 2.05) is 6.07 Å². The molecule has 0 spiro atoms. The van der Waals surface area contributed by atoms with Gasteiger partial charge in [0.1, 0.15) is 0 Å². The van der Waals surface area contributed by atoms with Crippen molar-refractivity contribution in [3.63, 3.8) is 0 Å². The molecule has 2 aromatic rings. The van der Waals surface area contributed by atoms with Gasteiger partial charge in [-0.05, 0) is 31.2 Å². The Bertz CT molecular complexity index is 498. The number of benzene rings is 1. The number of hydrogen-bond acceptors (Lipinski definition) is 4. The predicted octanol–water partition coefficient (Wildman–Crippen LogP) is 1.72. The van der Waals surface area contributed by atoms with Crippen LogP contribution in [0.15, 0.2) is 30.6 Å². The Labute approximate surface area is 108 Å². The van der Waals surface area contributed by atoms with Crippen molar-refractivity contribution in [3.8, 4) is 0 Å². The van der Waals surface area contributed by atoms with E-state index in [-0.39, 0.29) is 0 Å². The summed E-state index contributed by atoms with van der Waals surface area (Å²) < 4.78 is 0. The first-order valence-corrected chi connectivity index (χ1v) is 6.43. The van der Waals surface area contributed by atoms with Gasteiger partial charge < -0.3 is 10.6 Å². The minimum absolute atomic E-state index is 0.461. The van der Waals surface area contributed by atoms with Crippen LogP contribution in [-0.2, 0) is 6.54 Å². The topological polar surface area (TPSA) is 49.8 Å². The molecule has 2 rings (SSSR count). The van der Waals surface area contributed by atoms with Crippen molar-refractivity contribution in [1.29, 1.82) is 0 Å². The molecule has 1 aromatic carbocycles. The highest BCUT2D eigenvalue weighted by Crippen LogP contribution is 2.10. The summed E-state index contributed by atoms with van der Waals surface area (Å²) >= 11 is 0. The lowest BCUT2D eigenvalue weighted by Gasteiger charge is -2.14. The molecule has 1 unspecified atom stereocenters. The third-order valence-corrected chi connectivity index (χ3v) is 2.89. The first-order valence-electron chi connectivity index (χ1n) is 6.43. The van der Waals surface area contributed by atoms with Crippen molar-refractivity contribution in [1.82, 2.24) is 20.6 Å². The fraction of sp³-hybridized carbons (Fsp3) is 0.429. The zero-order valence-corrected chi connectivity index (χ0v) is 11.0. The largest absolute Gasteiger partial charge is 0.315 e. The van der Waals surface area contributed by atoms with E-state index in [1.54, 1.807) is 12.4 Å². The average Bonchev–Trinajstić information content (AvgIpc) is 2.42. The first-order chi connectivity index (χ1) is 8.79. The van der Waals surface area contributed by atoms with Gasteiger partial charge in [-0.1, -0.05) is 13.0 Å². The van der Waals surface area contributed by atoms with E-state index in [4.69, 9.17) is 0 Å². The molecule has 0 bridgehead atoms. The lowest BCUT2D eigenvalue weighted by atomic mass is 10.2. The van der Waals surface area contributed by atoms with Crippen molar-refractivity contribution in [2.24, 2.45) is 0 Å². The Hall–Kier alpha value is -1.52. The highest BCUT2D eigenvalue weighted by atomic mass is 15.0. The molecule has 4 heteroatoms. The lowest BCUT2D eigenvalue weighted by Crippen LogP contribution is -2.35. The molecule has 0 aliphatic carbocycles. The Kier molecular flexibility index (Phi) is 4.61. The quantitative estimate of drug-likeness (QED) is 0.812. The molecule has 1 heterocycles. The van der Waals surface area contributed by atoms with E-state index >= 15 is 0 Å². The normalized spacial score (nSPS) is 12.8. The third-order valence-electron chi connectivity index (χ3n) is 2.89. The minimum Gasteiger partial charge on any atom is -0.315 e. The highest BCUT2D eigenvalue weighted by molar-refractivity contribution is 5.74. The van der Waals surface area contributed by atoms with Gasteiger partial charge in [0.2, 0.25) is 0 Å². The van der Waals surface area contributed by atoms with Crippen LogP contribution in [0.25, 0.3) is 11.0 Å². The molecule has 0 fully saturated rings. The zero-order chi connectivity index (χ0) is 12.8. The van der Waals surface area contributed by atoms with E-state index in [2.05, 4.69) is 46.6 Å². The summed E-state index contributed by atoms with van der Waals surface area (Å²) in [6.45, 7) is 7.17. The van der Waals surface area contributed by atoms with Crippen LogP contribution >= 0.6 is 0 Å². The van der Waals surface area contributed by atoms with Gasteiger partial charge in [0.15, 0.2) is 0 Å². The van der Waals surface area contributed by atoms with Crippen molar-refractivity contribution in [3.05, 3.63) is 36.2 Å². The maximum atomic E-state index is 4.32. The van der Waals surface area contributed by atoms with Gasteiger partial charge in [-0.3, -0.25) is 9.97 Å². The molecule has 1 aromatic heterocycles. The average molecular weight is 244 g/mol. The number of rotatable bonds is 6. The second-order valence-corrected chi connectivity index (χ2v) is 4.47. The summed E-state index contributed by atoms with van der Waals surface area (Å²) in [5.41, 5.74) is 3.14. The SMILES string of the molecule is CCNCC(C)NCc1ccc2nccnc2c1. The molecule has 0 saturated carbocycles. The molecule has 4 nitrogen and oxygen atoms in total. The van der Waals surface area contributed by atoms with Gasteiger partial charge in [-0.25, -0.2) is 0 Å². The number of fused-ring (bicyclic) bond motifs is 1. The Morgan fingerprint density at radius 1 is 1.17 bits per heavy atom. The first kappa shape index (κ1) is 12.9. The van der Waals surface area contributed by atoms with Crippen LogP contribution in [-0.4, -0.2) is 29.1 Å². The van der Waals surface area contributed by atoms with Crippen LogP contribution in [0.2, 0.25) is 0 Å². The molecule has 96 valence electrons. The number of hydrogen-bond donors (Lipinski definition) is 2. The van der Waals surface area contributed by atoms with E-state index in [0.717, 1.165) is 30.7 Å². The standard InChI is InChI=1S/C14H20N4/c1-3-15-9-11(2)18-10-12-4-5-13-14(8-12)17-7-6-16-13/h4-8,11,15,18H,3,9-10H2,1-2H3. The molecule has 18 heavy (non-hydrogen) atoms. The van der Waals surface area contributed by atoms with Crippen LogP contribution in [0.3, 0.4) is 0 Å². The van der Waals surface area contributed by atoms with Crippen molar-refractivity contribution in [2.75, 3.05) is 13.1 Å². The zero-order valence-electron chi connectivity index (χ0n) is 11.0. The predicted molar refractivity (Wildman–Crippen MR) is 74.4 cm³/mol. The molecule has 0 radical (unpaired) electrons. The molecule has 0 amide bonds. The van der Waals surface area contributed by atoms with Crippen LogP contribution < -0.4 is 10.6 Å². The van der Waals surface area contributed by atoms with E-state index in [9.17, 15) is 0 Å². The number of likely N-dealkylation sites (N-methyl/N-ethyl adjacent to an activating group) is 1. The maximum Gasteiger partial charge on any atom is 0.0890 e. The number of nitrogens with one attached hydrogen (secondary N) is 2. The lowest BCUT2D eigenvalue weighted by molar-refractivity contribution is 0.509. The summed E-state index contributed by atoms with van der Waals surface area (Å²) in [6, 6.07) is 6.68. The van der Waals surface area contributed by atoms with E-state index < -0.39 is 0 Å². The molecule has 0 aliphatic rings. The van der Waals surface area contributed by atoms with Crippen molar-refractivity contribution >= 4 is 11.0 Å². The van der Waals surface area contributed by atoms with Crippen LogP contribution in [0.4, 0.5) is 0 Å². The van der Waals surface area contributed by atoms with Gasteiger partial charge in [0, 0.05) is 31.5 Å². The van der Waals surface area contributed by atoms with E-state index in [0.29, 0.717) is 6.04 Å². The molecule has 0 saturated heterocycles. The molecule has 1 atom stereocenters. The van der Waals surface area contributed by atoms with Gasteiger partial charge in [-0.2, -0.15) is 0 Å². The maximum absolute atomic E-state index is 4.32. The van der Waals surface area contributed by atoms with Crippen molar-refractivity contribution < 1.29 is 0 Å². The Balaban J connectivity index is 1.95. The minimum atomic E-state index is 0.461. The van der Waals surface area contributed by atoms with Crippen molar-refractivity contribution in [2.45, 2.75) is 26.4 Å². The van der Waals surface area contributed by atoms with Gasteiger partial charge in [0.25, 0.3) is 0 Å². The van der Waals surface area contributed by atoms with Gasteiger partial charge in [0.05, 0.1) is 11.0 Å². The fourth-order valence-electron chi connectivity index (χ4n) is 1.84. The van der Waals surface area contributed by atoms with Crippen LogP contribution in [0.1, 0.15) is 19.4 Å². The van der Waals surface area contributed by atoms with Gasteiger partial charge >= 0.3 is 0 Å². The Morgan fingerprint density at radius 2 is 1.94 bits per heavy atom. The smallest absolute Gasteiger partial charge is 0.0890 e. The Morgan fingerprint density at radius 3 is 2.72 bits per heavy atom. The highest BCUT2D eigenvalue weighted by Gasteiger charge is 2.02. The molecular formula is C14H20N4. The summed E-state index contributed by atoms with van der Waals surface area (Å²) in [5.74, 6) is 0. The summed E-state index contributed by atoms with van der Waals surface area (Å²) in [6.07, 6.45) is 3.45. The van der Waals surface area contributed by atoms with Crippen LogP contribution in [0, 0.1) is 0 Å². The van der Waals surface area contributed by atoms with E-state index in [1.165, 1.54) is 5.56 Å². The third kappa shape index (κ3) is 3.48. The molecular weight excluding hydrogens is 224 g/mol. The summed E-state index contributed by atoms with van der Waals surface area (Å²) in [7, 11) is 0. The second-order valence-electron chi connectivity index (χ2n) is 4.47. The molecule has 0 aliphatic heterocycles. The number of nitrogens with zero attached hydrogens (tertiary/aromatic N) is 2. The fourth-order valence-corrected chi connectivity index (χ4v) is 1.84. The monoisotopic (exact) mass is 244 g/mol. The number of aromatic nitrogens is 2. The second kappa shape index (κ2) is 6.42. The van der Waals surface area contributed by atoms with Crippen LogP contribution in [0.5, 0.6) is 0 Å². The molecule has 2 N–H and O–H groups in total.